The van der Waals surface area contributed by atoms with Gasteiger partial charge in [-0.2, -0.15) is 9.61 Å². The third-order valence-corrected chi connectivity index (χ3v) is 5.37. The number of hydrogen-bond donors (Lipinski definition) is 2. The molecule has 156 valence electrons. The van der Waals surface area contributed by atoms with Crippen molar-refractivity contribution in [2.75, 3.05) is 5.73 Å². The predicted molar refractivity (Wildman–Crippen MR) is 113 cm³/mol. The topological polar surface area (TPSA) is 134 Å². The standard InChI is InChI=1S/C12H18N2.C9H8N6O/c1-12(2,13)10-6-7-11(14-8-10)9-4-3-5-9;1-5-6(8-11-2-3-16-8)14-9(10)15-7(5)12-4-13-15/h6-9H,3-5,13H2,1-2H3;2-4H,1H3,(H2,10,14). The molecule has 1 saturated carbocycles. The van der Waals surface area contributed by atoms with E-state index in [0.717, 1.165) is 11.1 Å². The Balaban J connectivity index is 0.000000147. The van der Waals surface area contributed by atoms with Gasteiger partial charge in [0.2, 0.25) is 11.8 Å². The van der Waals surface area contributed by atoms with Crippen molar-refractivity contribution in [3.63, 3.8) is 0 Å². The molecule has 1 aliphatic carbocycles. The lowest BCUT2D eigenvalue weighted by Crippen LogP contribution is -2.28. The normalized spacial score (nSPS) is 14.3. The maximum absolute atomic E-state index is 5.99. The van der Waals surface area contributed by atoms with E-state index < -0.39 is 0 Å². The lowest BCUT2D eigenvalue weighted by molar-refractivity contribution is 0.410. The van der Waals surface area contributed by atoms with Gasteiger partial charge in [-0.1, -0.05) is 12.5 Å². The Bertz CT molecular complexity index is 1120. The highest BCUT2D eigenvalue weighted by atomic mass is 16.3. The molecule has 0 bridgehead atoms. The number of aromatic nitrogens is 6. The molecule has 1 fully saturated rings. The molecular formula is C21H26N8O. The quantitative estimate of drug-likeness (QED) is 0.529. The minimum atomic E-state index is -0.273. The van der Waals surface area contributed by atoms with Crippen LogP contribution in [0.2, 0.25) is 0 Å². The van der Waals surface area contributed by atoms with Crippen LogP contribution in [0, 0.1) is 6.92 Å². The van der Waals surface area contributed by atoms with Gasteiger partial charge in [-0.25, -0.2) is 15.0 Å². The Kier molecular flexibility index (Phi) is 5.21. The largest absolute Gasteiger partial charge is 0.443 e. The number of fused-ring (bicyclic) bond motifs is 1. The molecule has 4 N–H and O–H groups in total. The summed E-state index contributed by atoms with van der Waals surface area (Å²) in [6, 6.07) is 4.24. The van der Waals surface area contributed by atoms with Crippen LogP contribution in [-0.2, 0) is 5.54 Å². The van der Waals surface area contributed by atoms with Crippen molar-refractivity contribution in [3.8, 4) is 11.6 Å². The fraction of sp³-hybridized carbons (Fsp3) is 0.381. The Labute approximate surface area is 174 Å². The number of aryl methyl sites for hydroxylation is 1. The number of anilines is 1. The summed E-state index contributed by atoms with van der Waals surface area (Å²) in [7, 11) is 0. The van der Waals surface area contributed by atoms with E-state index in [4.69, 9.17) is 15.9 Å². The molecule has 4 aromatic rings. The van der Waals surface area contributed by atoms with Gasteiger partial charge in [0.15, 0.2) is 5.65 Å². The van der Waals surface area contributed by atoms with Crippen molar-refractivity contribution in [1.82, 2.24) is 29.5 Å². The summed E-state index contributed by atoms with van der Waals surface area (Å²) in [6.07, 6.45) is 10.4. The van der Waals surface area contributed by atoms with Crippen molar-refractivity contribution < 1.29 is 4.42 Å². The summed E-state index contributed by atoms with van der Waals surface area (Å²) >= 11 is 0. The Morgan fingerprint density at radius 1 is 1.17 bits per heavy atom. The van der Waals surface area contributed by atoms with Crippen molar-refractivity contribution in [1.29, 1.82) is 0 Å². The average Bonchev–Trinajstić information content (AvgIpc) is 3.35. The van der Waals surface area contributed by atoms with Crippen LogP contribution in [-0.4, -0.2) is 29.5 Å². The van der Waals surface area contributed by atoms with E-state index in [1.807, 2.05) is 27.0 Å². The van der Waals surface area contributed by atoms with Crippen LogP contribution in [0.1, 0.15) is 55.8 Å². The van der Waals surface area contributed by atoms with Crippen LogP contribution in [0.4, 0.5) is 5.95 Å². The second kappa shape index (κ2) is 7.83. The molecule has 0 aliphatic heterocycles. The van der Waals surface area contributed by atoms with E-state index in [2.05, 4.69) is 37.2 Å². The van der Waals surface area contributed by atoms with E-state index in [0.29, 0.717) is 23.1 Å². The summed E-state index contributed by atoms with van der Waals surface area (Å²) in [4.78, 5) is 16.8. The Hall–Kier alpha value is -3.33. The van der Waals surface area contributed by atoms with Crippen molar-refractivity contribution >= 4 is 11.6 Å². The maximum Gasteiger partial charge on any atom is 0.245 e. The van der Waals surface area contributed by atoms with Crippen molar-refractivity contribution in [2.45, 2.75) is 51.5 Å². The van der Waals surface area contributed by atoms with E-state index in [9.17, 15) is 0 Å². The third-order valence-electron chi connectivity index (χ3n) is 5.37. The minimum absolute atomic E-state index is 0.256. The molecule has 0 amide bonds. The molecular weight excluding hydrogens is 380 g/mol. The molecule has 0 saturated heterocycles. The fourth-order valence-electron chi connectivity index (χ4n) is 3.30. The number of pyridine rings is 1. The number of hydrogen-bond acceptors (Lipinski definition) is 8. The van der Waals surface area contributed by atoms with E-state index in [1.54, 1.807) is 6.20 Å². The van der Waals surface area contributed by atoms with Gasteiger partial charge in [0, 0.05) is 28.9 Å². The van der Waals surface area contributed by atoms with E-state index in [1.165, 1.54) is 42.1 Å². The molecule has 9 nitrogen and oxygen atoms in total. The molecule has 1 aliphatic rings. The molecule has 4 aromatic heterocycles. The lowest BCUT2D eigenvalue weighted by Gasteiger charge is -2.25. The maximum atomic E-state index is 5.99. The summed E-state index contributed by atoms with van der Waals surface area (Å²) in [5.41, 5.74) is 15.9. The number of nitrogens with two attached hydrogens (primary N) is 2. The third kappa shape index (κ3) is 3.88. The fourth-order valence-corrected chi connectivity index (χ4v) is 3.30. The van der Waals surface area contributed by atoms with Crippen LogP contribution in [0.5, 0.6) is 0 Å². The summed E-state index contributed by atoms with van der Waals surface area (Å²) in [5.74, 6) is 1.39. The van der Waals surface area contributed by atoms with Gasteiger partial charge < -0.3 is 15.9 Å². The summed E-state index contributed by atoms with van der Waals surface area (Å²) in [6.45, 7) is 5.88. The minimum Gasteiger partial charge on any atom is -0.443 e. The Morgan fingerprint density at radius 2 is 1.97 bits per heavy atom. The molecule has 9 heteroatoms. The number of rotatable bonds is 3. The highest BCUT2D eigenvalue weighted by Gasteiger charge is 2.21. The van der Waals surface area contributed by atoms with Gasteiger partial charge in [0.1, 0.15) is 18.3 Å². The van der Waals surface area contributed by atoms with Gasteiger partial charge in [0.05, 0.1) is 6.20 Å². The summed E-state index contributed by atoms with van der Waals surface area (Å²) in [5, 5.41) is 3.97. The monoisotopic (exact) mass is 406 g/mol. The van der Waals surface area contributed by atoms with Gasteiger partial charge in [0.25, 0.3) is 0 Å². The summed E-state index contributed by atoms with van der Waals surface area (Å²) < 4.78 is 6.67. The average molecular weight is 406 g/mol. The molecule has 5 rings (SSSR count). The molecule has 0 spiro atoms. The Morgan fingerprint density at radius 3 is 2.53 bits per heavy atom. The van der Waals surface area contributed by atoms with Crippen molar-refractivity contribution in [3.05, 3.63) is 53.9 Å². The number of oxazole rings is 1. The van der Waals surface area contributed by atoms with Gasteiger partial charge in [-0.15, -0.1) is 0 Å². The van der Waals surface area contributed by atoms with E-state index >= 15 is 0 Å². The van der Waals surface area contributed by atoms with Crippen LogP contribution in [0.15, 0.2) is 41.5 Å². The van der Waals surface area contributed by atoms with Crippen LogP contribution in [0.3, 0.4) is 0 Å². The van der Waals surface area contributed by atoms with Gasteiger partial charge in [-0.05, 0) is 45.2 Å². The van der Waals surface area contributed by atoms with Crippen LogP contribution in [0.25, 0.3) is 17.2 Å². The first-order valence-electron chi connectivity index (χ1n) is 9.95. The highest BCUT2D eigenvalue weighted by molar-refractivity contribution is 5.65. The first-order valence-corrected chi connectivity index (χ1v) is 9.95. The molecule has 4 heterocycles. The second-order valence-electron chi connectivity index (χ2n) is 8.10. The molecule has 0 unspecified atom stereocenters. The van der Waals surface area contributed by atoms with Crippen LogP contribution >= 0.6 is 0 Å². The lowest BCUT2D eigenvalue weighted by atomic mass is 9.82. The van der Waals surface area contributed by atoms with Crippen LogP contribution < -0.4 is 11.5 Å². The molecule has 0 aromatic carbocycles. The zero-order chi connectivity index (χ0) is 21.3. The number of nitrogen functional groups attached to an aromatic ring is 1. The molecule has 30 heavy (non-hydrogen) atoms. The van der Waals surface area contributed by atoms with E-state index in [-0.39, 0.29) is 11.5 Å². The molecule has 0 atom stereocenters. The molecule has 0 radical (unpaired) electrons. The SMILES string of the molecule is CC(C)(N)c1ccc(C2CCC2)nc1.Cc1c(-c2ncco2)nc(N)n2ncnc12. The zero-order valence-corrected chi connectivity index (χ0v) is 17.4. The smallest absolute Gasteiger partial charge is 0.245 e. The first kappa shape index (κ1) is 20.0. The zero-order valence-electron chi connectivity index (χ0n) is 17.4. The second-order valence-corrected chi connectivity index (χ2v) is 8.10. The first-order chi connectivity index (χ1) is 14.3. The van der Waals surface area contributed by atoms with Gasteiger partial charge in [-0.3, -0.25) is 4.98 Å². The highest BCUT2D eigenvalue weighted by Crippen LogP contribution is 2.35. The van der Waals surface area contributed by atoms with Crippen molar-refractivity contribution in [2.24, 2.45) is 5.73 Å². The predicted octanol–water partition coefficient (Wildman–Crippen LogP) is 3.21. The van der Waals surface area contributed by atoms with Gasteiger partial charge >= 0.3 is 0 Å². The number of nitrogens with zero attached hydrogens (tertiary/aromatic N) is 6.